The summed E-state index contributed by atoms with van der Waals surface area (Å²) in [6.45, 7) is 4.40. The van der Waals surface area contributed by atoms with Crippen molar-refractivity contribution in [2.75, 3.05) is 6.61 Å². The highest BCUT2D eigenvalue weighted by molar-refractivity contribution is 5.76. The summed E-state index contributed by atoms with van der Waals surface area (Å²) in [6.07, 6.45) is 3.45. The Bertz CT molecular complexity index is 712. The van der Waals surface area contributed by atoms with Crippen LogP contribution in [0.4, 0.5) is 4.39 Å². The summed E-state index contributed by atoms with van der Waals surface area (Å²) < 4.78 is 19.7. The smallest absolute Gasteiger partial charge is 0.311 e. The van der Waals surface area contributed by atoms with E-state index in [2.05, 4.69) is 6.92 Å². The minimum atomic E-state index is -0.968. The fourth-order valence-corrected chi connectivity index (χ4v) is 2.74. The van der Waals surface area contributed by atoms with Crippen molar-refractivity contribution in [3.05, 3.63) is 65.0 Å². The zero-order chi connectivity index (χ0) is 18.2. The number of carboxylic acids is 1. The first kappa shape index (κ1) is 19.0. The Kier molecular flexibility index (Phi) is 6.99. The first-order chi connectivity index (χ1) is 12.0. The van der Waals surface area contributed by atoms with Crippen molar-refractivity contribution < 1.29 is 19.0 Å². The number of aryl methyl sites for hydroxylation is 1. The van der Waals surface area contributed by atoms with E-state index in [0.717, 1.165) is 24.8 Å². The first-order valence-corrected chi connectivity index (χ1v) is 8.72. The van der Waals surface area contributed by atoms with Gasteiger partial charge in [-0.25, -0.2) is 4.39 Å². The molecule has 0 radical (unpaired) electrons. The Morgan fingerprint density at radius 2 is 1.96 bits per heavy atom. The van der Waals surface area contributed by atoms with Gasteiger partial charge < -0.3 is 9.84 Å². The lowest BCUT2D eigenvalue weighted by molar-refractivity contribution is -0.138. The Morgan fingerprint density at radius 1 is 1.20 bits per heavy atom. The lowest BCUT2D eigenvalue weighted by Crippen LogP contribution is -2.15. The summed E-state index contributed by atoms with van der Waals surface area (Å²) in [6, 6.07) is 12.1. The number of hydrogen-bond donors (Lipinski definition) is 1. The molecule has 0 aliphatic heterocycles. The van der Waals surface area contributed by atoms with Crippen molar-refractivity contribution in [3.63, 3.8) is 0 Å². The predicted molar refractivity (Wildman–Crippen MR) is 96.7 cm³/mol. The molecule has 4 heteroatoms. The zero-order valence-corrected chi connectivity index (χ0v) is 14.8. The van der Waals surface area contributed by atoms with Gasteiger partial charge in [-0.3, -0.25) is 4.79 Å². The van der Waals surface area contributed by atoms with E-state index in [0.29, 0.717) is 23.5 Å². The number of carboxylic acid groups (broad SMARTS) is 1. The molecule has 2 aromatic rings. The van der Waals surface area contributed by atoms with Crippen LogP contribution in [0.3, 0.4) is 0 Å². The predicted octanol–water partition coefficient (Wildman–Crippen LogP) is 5.11. The minimum absolute atomic E-state index is 0.266. The normalized spacial score (nSPS) is 12.0. The summed E-state index contributed by atoms with van der Waals surface area (Å²) in [5.74, 6) is -1.45. The van der Waals surface area contributed by atoms with Crippen LogP contribution in [-0.2, 0) is 11.2 Å². The molecule has 0 aliphatic rings. The Labute approximate surface area is 148 Å². The van der Waals surface area contributed by atoms with Gasteiger partial charge in [-0.05, 0) is 48.6 Å². The first-order valence-electron chi connectivity index (χ1n) is 8.72. The molecule has 25 heavy (non-hydrogen) atoms. The Morgan fingerprint density at radius 3 is 2.64 bits per heavy atom. The molecule has 0 saturated carbocycles. The van der Waals surface area contributed by atoms with Gasteiger partial charge in [0.1, 0.15) is 11.6 Å². The third-order valence-electron chi connectivity index (χ3n) is 4.30. The topological polar surface area (TPSA) is 46.5 Å². The zero-order valence-electron chi connectivity index (χ0n) is 14.8. The number of aliphatic carboxylic acids is 1. The summed E-state index contributed by atoms with van der Waals surface area (Å²) in [4.78, 5) is 11.7. The lowest BCUT2D eigenvalue weighted by atomic mass is 9.91. The Balaban J connectivity index is 2.19. The summed E-state index contributed by atoms with van der Waals surface area (Å²) in [7, 11) is 0. The van der Waals surface area contributed by atoms with E-state index in [1.807, 2.05) is 24.3 Å². The average molecular weight is 344 g/mol. The van der Waals surface area contributed by atoms with E-state index in [1.54, 1.807) is 19.1 Å². The van der Waals surface area contributed by atoms with Crippen LogP contribution in [-0.4, -0.2) is 17.7 Å². The van der Waals surface area contributed by atoms with Crippen LogP contribution in [0.1, 0.15) is 48.8 Å². The number of rotatable bonds is 9. The molecule has 134 valence electrons. The van der Waals surface area contributed by atoms with Gasteiger partial charge in [0, 0.05) is 0 Å². The van der Waals surface area contributed by atoms with Gasteiger partial charge in [-0.1, -0.05) is 50.1 Å². The summed E-state index contributed by atoms with van der Waals surface area (Å²) in [5.41, 5.74) is 1.80. The van der Waals surface area contributed by atoms with E-state index in [9.17, 15) is 14.3 Å². The quantitative estimate of drug-likeness (QED) is 0.643. The van der Waals surface area contributed by atoms with Crippen LogP contribution < -0.4 is 4.74 Å². The second-order valence-electron chi connectivity index (χ2n) is 6.27. The van der Waals surface area contributed by atoms with Gasteiger partial charge in [0.2, 0.25) is 0 Å². The molecular weight excluding hydrogens is 319 g/mol. The SMILES string of the molecule is CCCCCOc1ccccc1CC(C(=O)O)c1ccc(C)c(F)c1. The highest BCUT2D eigenvalue weighted by atomic mass is 19.1. The van der Waals surface area contributed by atoms with Gasteiger partial charge in [0.25, 0.3) is 0 Å². The lowest BCUT2D eigenvalue weighted by Gasteiger charge is -2.17. The highest BCUT2D eigenvalue weighted by Gasteiger charge is 2.22. The molecule has 0 saturated heterocycles. The van der Waals surface area contributed by atoms with Crippen LogP contribution in [0.25, 0.3) is 0 Å². The van der Waals surface area contributed by atoms with Crippen molar-refractivity contribution in [1.29, 1.82) is 0 Å². The Hall–Kier alpha value is -2.36. The maximum absolute atomic E-state index is 13.8. The molecule has 1 unspecified atom stereocenters. The van der Waals surface area contributed by atoms with Crippen LogP contribution in [0.5, 0.6) is 5.75 Å². The number of halogens is 1. The van der Waals surface area contributed by atoms with Crippen molar-refractivity contribution in [1.82, 2.24) is 0 Å². The van der Waals surface area contributed by atoms with Gasteiger partial charge >= 0.3 is 5.97 Å². The van der Waals surface area contributed by atoms with Crippen molar-refractivity contribution in [3.8, 4) is 5.75 Å². The van der Waals surface area contributed by atoms with Gasteiger partial charge in [-0.2, -0.15) is 0 Å². The number of hydrogen-bond acceptors (Lipinski definition) is 2. The van der Waals surface area contributed by atoms with Gasteiger partial charge in [0.15, 0.2) is 0 Å². The number of benzene rings is 2. The number of para-hydroxylation sites is 1. The standard InChI is InChI=1S/C21H25FO3/c1-3-4-7-12-25-20-9-6-5-8-17(20)13-18(21(23)24)16-11-10-15(2)19(22)14-16/h5-6,8-11,14,18H,3-4,7,12-13H2,1-2H3,(H,23,24). The number of carbonyl (C=O) groups is 1. The number of unbranched alkanes of at least 4 members (excludes halogenated alkanes) is 2. The molecular formula is C21H25FO3. The molecule has 0 amide bonds. The molecule has 0 heterocycles. The molecule has 0 aromatic heterocycles. The van der Waals surface area contributed by atoms with Gasteiger partial charge in [-0.15, -0.1) is 0 Å². The second kappa shape index (κ2) is 9.21. The molecule has 3 nitrogen and oxygen atoms in total. The van der Waals surface area contributed by atoms with E-state index >= 15 is 0 Å². The molecule has 0 aliphatic carbocycles. The third-order valence-corrected chi connectivity index (χ3v) is 4.30. The van der Waals surface area contributed by atoms with Crippen LogP contribution in [0.15, 0.2) is 42.5 Å². The monoisotopic (exact) mass is 344 g/mol. The fourth-order valence-electron chi connectivity index (χ4n) is 2.74. The maximum atomic E-state index is 13.8. The van der Waals surface area contributed by atoms with Crippen LogP contribution >= 0.6 is 0 Å². The van der Waals surface area contributed by atoms with Crippen LogP contribution in [0, 0.1) is 12.7 Å². The van der Waals surface area contributed by atoms with E-state index < -0.39 is 11.9 Å². The summed E-state index contributed by atoms with van der Waals surface area (Å²) in [5, 5.41) is 9.62. The number of ether oxygens (including phenoxy) is 1. The van der Waals surface area contributed by atoms with Crippen molar-refractivity contribution in [2.45, 2.75) is 45.4 Å². The van der Waals surface area contributed by atoms with Gasteiger partial charge in [0.05, 0.1) is 12.5 Å². The molecule has 0 fully saturated rings. The largest absolute Gasteiger partial charge is 0.493 e. The average Bonchev–Trinajstić information content (AvgIpc) is 2.60. The molecule has 2 rings (SSSR count). The van der Waals surface area contributed by atoms with Crippen LogP contribution in [0.2, 0.25) is 0 Å². The molecule has 2 aromatic carbocycles. The third kappa shape index (κ3) is 5.31. The molecule has 1 N–H and O–H groups in total. The second-order valence-corrected chi connectivity index (χ2v) is 6.27. The fraction of sp³-hybridized carbons (Fsp3) is 0.381. The minimum Gasteiger partial charge on any atom is -0.493 e. The highest BCUT2D eigenvalue weighted by Crippen LogP contribution is 2.28. The summed E-state index contributed by atoms with van der Waals surface area (Å²) >= 11 is 0. The van der Waals surface area contributed by atoms with Crippen molar-refractivity contribution in [2.24, 2.45) is 0 Å². The van der Waals surface area contributed by atoms with E-state index in [-0.39, 0.29) is 12.2 Å². The van der Waals surface area contributed by atoms with E-state index in [4.69, 9.17) is 4.74 Å². The molecule has 1 atom stereocenters. The van der Waals surface area contributed by atoms with E-state index in [1.165, 1.54) is 6.07 Å². The molecule has 0 spiro atoms. The van der Waals surface area contributed by atoms with Crippen molar-refractivity contribution >= 4 is 5.97 Å². The maximum Gasteiger partial charge on any atom is 0.311 e. The molecule has 0 bridgehead atoms.